The first-order valence-corrected chi connectivity index (χ1v) is 6.43. The number of nitrogens with zero attached hydrogens (tertiary/aromatic N) is 2. The van der Waals surface area contributed by atoms with E-state index in [1.165, 1.54) is 23.9 Å². The maximum absolute atomic E-state index is 12.0. The zero-order valence-corrected chi connectivity index (χ0v) is 11.9. The lowest BCUT2D eigenvalue weighted by Gasteiger charge is -2.10. The summed E-state index contributed by atoms with van der Waals surface area (Å²) in [5.41, 5.74) is 0.719. The zero-order chi connectivity index (χ0) is 15.4. The Morgan fingerprint density at radius 3 is 2.48 bits per heavy atom. The number of aryl methyl sites for hydroxylation is 1. The number of aromatic nitrogens is 2. The van der Waals surface area contributed by atoms with Crippen molar-refractivity contribution in [3.63, 3.8) is 0 Å². The van der Waals surface area contributed by atoms with Gasteiger partial charge >= 0.3 is 11.7 Å². The number of rotatable bonds is 4. The fraction of sp³-hybridized carbons (Fsp3) is 0.267. The second kappa shape index (κ2) is 6.21. The first kappa shape index (κ1) is 14.8. The van der Waals surface area contributed by atoms with Crippen LogP contribution in [0.1, 0.15) is 11.1 Å². The zero-order valence-electron chi connectivity index (χ0n) is 11.9. The van der Waals surface area contributed by atoms with Crippen LogP contribution in [0.3, 0.4) is 0 Å². The topological polar surface area (TPSA) is 70.3 Å². The molecular weight excluding hydrogens is 272 g/mol. The third kappa shape index (κ3) is 3.28. The molecule has 0 aliphatic carbocycles. The van der Waals surface area contributed by atoms with Crippen molar-refractivity contribution in [2.75, 3.05) is 7.11 Å². The SMILES string of the molecule is COC(=O)Cc1ccccc1Cn1c(=O)ccn(C)c1=O. The van der Waals surface area contributed by atoms with Crippen molar-refractivity contribution in [3.05, 3.63) is 68.5 Å². The number of benzene rings is 1. The van der Waals surface area contributed by atoms with E-state index in [1.807, 2.05) is 0 Å². The first-order chi connectivity index (χ1) is 10.0. The molecule has 0 N–H and O–H groups in total. The van der Waals surface area contributed by atoms with Gasteiger partial charge in [0.2, 0.25) is 0 Å². The van der Waals surface area contributed by atoms with Gasteiger partial charge in [-0.15, -0.1) is 0 Å². The predicted octanol–water partition coefficient (Wildman–Crippen LogP) is 0.311. The minimum atomic E-state index is -0.393. The Labute approximate surface area is 121 Å². The summed E-state index contributed by atoms with van der Waals surface area (Å²) in [6.45, 7) is 0.125. The van der Waals surface area contributed by atoms with E-state index in [-0.39, 0.29) is 24.5 Å². The number of hydrogen-bond acceptors (Lipinski definition) is 4. The van der Waals surface area contributed by atoms with E-state index < -0.39 is 5.69 Å². The molecule has 0 unspecified atom stereocenters. The van der Waals surface area contributed by atoms with Crippen molar-refractivity contribution >= 4 is 5.97 Å². The molecule has 0 atom stereocenters. The van der Waals surface area contributed by atoms with Gasteiger partial charge in [0.25, 0.3) is 5.56 Å². The summed E-state index contributed by atoms with van der Waals surface area (Å²) in [5, 5.41) is 0. The van der Waals surface area contributed by atoms with Crippen LogP contribution in [-0.2, 0) is 29.5 Å². The van der Waals surface area contributed by atoms with E-state index in [0.717, 1.165) is 15.7 Å². The molecule has 0 amide bonds. The highest BCUT2D eigenvalue weighted by Gasteiger charge is 2.10. The summed E-state index contributed by atoms with van der Waals surface area (Å²) in [6, 6.07) is 8.51. The Balaban J connectivity index is 2.41. The van der Waals surface area contributed by atoms with Crippen LogP contribution in [0.2, 0.25) is 0 Å². The van der Waals surface area contributed by atoms with Gasteiger partial charge in [0, 0.05) is 19.3 Å². The molecule has 2 rings (SSSR count). The number of carbonyl (C=O) groups is 1. The van der Waals surface area contributed by atoms with Gasteiger partial charge in [0.15, 0.2) is 0 Å². The summed E-state index contributed by atoms with van der Waals surface area (Å²) in [7, 11) is 2.90. The van der Waals surface area contributed by atoms with E-state index in [1.54, 1.807) is 31.3 Å². The lowest BCUT2D eigenvalue weighted by atomic mass is 10.0. The fourth-order valence-electron chi connectivity index (χ4n) is 2.04. The smallest absolute Gasteiger partial charge is 0.331 e. The molecule has 0 aliphatic heterocycles. The first-order valence-electron chi connectivity index (χ1n) is 6.43. The Kier molecular flexibility index (Phi) is 4.37. The summed E-state index contributed by atoms with van der Waals surface area (Å²) in [6.07, 6.45) is 1.54. The lowest BCUT2D eigenvalue weighted by Crippen LogP contribution is -2.38. The van der Waals surface area contributed by atoms with Gasteiger partial charge < -0.3 is 9.30 Å². The molecule has 21 heavy (non-hydrogen) atoms. The minimum absolute atomic E-state index is 0.106. The third-order valence-corrected chi connectivity index (χ3v) is 3.25. The fourth-order valence-corrected chi connectivity index (χ4v) is 2.04. The minimum Gasteiger partial charge on any atom is -0.469 e. The van der Waals surface area contributed by atoms with Gasteiger partial charge in [-0.3, -0.25) is 14.2 Å². The van der Waals surface area contributed by atoms with Crippen LogP contribution in [0.4, 0.5) is 0 Å². The molecular formula is C15H16N2O4. The highest BCUT2D eigenvalue weighted by atomic mass is 16.5. The summed E-state index contributed by atoms with van der Waals surface area (Å²) in [5.74, 6) is -0.365. The summed E-state index contributed by atoms with van der Waals surface area (Å²) < 4.78 is 7.13. The molecule has 1 heterocycles. The van der Waals surface area contributed by atoms with Crippen LogP contribution in [-0.4, -0.2) is 22.2 Å². The van der Waals surface area contributed by atoms with Crippen molar-refractivity contribution in [2.45, 2.75) is 13.0 Å². The standard InChI is InChI=1S/C15H16N2O4/c1-16-8-7-13(18)17(15(16)20)10-12-6-4-3-5-11(12)9-14(19)21-2/h3-8H,9-10H2,1-2H3. The van der Waals surface area contributed by atoms with E-state index in [9.17, 15) is 14.4 Å². The number of ether oxygens (including phenoxy) is 1. The van der Waals surface area contributed by atoms with Crippen LogP contribution < -0.4 is 11.2 Å². The summed E-state index contributed by atoms with van der Waals surface area (Å²) in [4.78, 5) is 35.3. The molecule has 6 nitrogen and oxygen atoms in total. The molecule has 0 fully saturated rings. The van der Waals surface area contributed by atoms with Crippen molar-refractivity contribution < 1.29 is 9.53 Å². The normalized spacial score (nSPS) is 10.4. The Morgan fingerprint density at radius 2 is 1.81 bits per heavy atom. The second-order valence-electron chi connectivity index (χ2n) is 4.66. The largest absolute Gasteiger partial charge is 0.469 e. The average Bonchev–Trinajstić information content (AvgIpc) is 2.49. The molecule has 110 valence electrons. The number of carbonyl (C=O) groups excluding carboxylic acids is 1. The number of esters is 1. The van der Waals surface area contributed by atoms with Crippen molar-refractivity contribution in [2.24, 2.45) is 7.05 Å². The third-order valence-electron chi connectivity index (χ3n) is 3.25. The van der Waals surface area contributed by atoms with Crippen LogP contribution in [0.5, 0.6) is 0 Å². The Bertz CT molecular complexity index is 774. The number of hydrogen-bond donors (Lipinski definition) is 0. The van der Waals surface area contributed by atoms with Gasteiger partial charge in [0.1, 0.15) is 0 Å². The van der Waals surface area contributed by atoms with Crippen LogP contribution >= 0.6 is 0 Å². The van der Waals surface area contributed by atoms with Crippen molar-refractivity contribution in [3.8, 4) is 0 Å². The maximum Gasteiger partial charge on any atom is 0.331 e. The van der Waals surface area contributed by atoms with Gasteiger partial charge in [-0.25, -0.2) is 4.79 Å². The number of methoxy groups -OCH3 is 1. The highest BCUT2D eigenvalue weighted by Crippen LogP contribution is 2.10. The monoisotopic (exact) mass is 288 g/mol. The highest BCUT2D eigenvalue weighted by molar-refractivity contribution is 5.72. The molecule has 0 spiro atoms. The predicted molar refractivity (Wildman–Crippen MR) is 77.2 cm³/mol. The van der Waals surface area contributed by atoms with E-state index in [4.69, 9.17) is 0 Å². The second-order valence-corrected chi connectivity index (χ2v) is 4.66. The average molecular weight is 288 g/mol. The Morgan fingerprint density at radius 1 is 1.14 bits per heavy atom. The van der Waals surface area contributed by atoms with Crippen LogP contribution in [0, 0.1) is 0 Å². The molecule has 0 bridgehead atoms. The molecule has 1 aromatic heterocycles. The van der Waals surface area contributed by atoms with Crippen molar-refractivity contribution in [1.82, 2.24) is 9.13 Å². The molecule has 0 aliphatic rings. The van der Waals surface area contributed by atoms with Crippen LogP contribution in [0.15, 0.2) is 46.1 Å². The molecule has 6 heteroatoms. The lowest BCUT2D eigenvalue weighted by molar-refractivity contribution is -0.139. The van der Waals surface area contributed by atoms with Crippen molar-refractivity contribution in [1.29, 1.82) is 0 Å². The molecule has 0 saturated carbocycles. The van der Waals surface area contributed by atoms with E-state index in [2.05, 4.69) is 4.74 Å². The summed E-state index contributed by atoms with van der Waals surface area (Å²) >= 11 is 0. The maximum atomic E-state index is 12.0. The van der Waals surface area contributed by atoms with E-state index in [0.29, 0.717) is 0 Å². The van der Waals surface area contributed by atoms with Crippen LogP contribution in [0.25, 0.3) is 0 Å². The van der Waals surface area contributed by atoms with Gasteiger partial charge in [-0.1, -0.05) is 24.3 Å². The molecule has 2 aromatic rings. The Hall–Kier alpha value is -2.63. The van der Waals surface area contributed by atoms with Gasteiger partial charge in [-0.05, 0) is 11.1 Å². The molecule has 0 radical (unpaired) electrons. The molecule has 0 saturated heterocycles. The quantitative estimate of drug-likeness (QED) is 0.759. The van der Waals surface area contributed by atoms with E-state index >= 15 is 0 Å². The van der Waals surface area contributed by atoms with Gasteiger partial charge in [-0.2, -0.15) is 0 Å². The molecule has 1 aromatic carbocycles. The van der Waals surface area contributed by atoms with Gasteiger partial charge in [0.05, 0.1) is 20.1 Å².